The number of nitrogens with zero attached hydrogens (tertiary/aromatic N) is 2. The topological polar surface area (TPSA) is 27.0 Å². The van der Waals surface area contributed by atoms with Crippen LogP contribution < -0.4 is 4.90 Å². The SMILES string of the molecule is CN(C#N)c1ccc(F)cc1F. The van der Waals surface area contributed by atoms with E-state index in [0.29, 0.717) is 0 Å². The van der Waals surface area contributed by atoms with Gasteiger partial charge >= 0.3 is 0 Å². The summed E-state index contributed by atoms with van der Waals surface area (Å²) in [6, 6.07) is 3.06. The van der Waals surface area contributed by atoms with E-state index in [1.807, 2.05) is 0 Å². The van der Waals surface area contributed by atoms with Crippen molar-refractivity contribution in [3.8, 4) is 6.19 Å². The van der Waals surface area contributed by atoms with Crippen LogP contribution in [-0.4, -0.2) is 7.05 Å². The van der Waals surface area contributed by atoms with E-state index in [9.17, 15) is 8.78 Å². The molecule has 0 aliphatic heterocycles. The zero-order valence-electron chi connectivity index (χ0n) is 6.38. The maximum Gasteiger partial charge on any atom is 0.184 e. The summed E-state index contributed by atoms with van der Waals surface area (Å²) >= 11 is 0. The first-order chi connectivity index (χ1) is 5.65. The smallest absolute Gasteiger partial charge is 0.184 e. The lowest BCUT2D eigenvalue weighted by atomic mass is 10.3. The molecule has 0 aliphatic rings. The molecule has 0 unspecified atom stereocenters. The Bertz CT molecular complexity index is 330. The second-order valence-electron chi connectivity index (χ2n) is 2.25. The quantitative estimate of drug-likeness (QED) is 0.473. The summed E-state index contributed by atoms with van der Waals surface area (Å²) in [6.45, 7) is 0. The average Bonchev–Trinajstić information content (AvgIpc) is 2.03. The molecule has 0 spiro atoms. The number of nitriles is 1. The molecule has 62 valence electrons. The minimum Gasteiger partial charge on any atom is -0.280 e. The third-order valence-corrected chi connectivity index (χ3v) is 1.42. The molecule has 0 atom stereocenters. The minimum atomic E-state index is -0.737. The summed E-state index contributed by atoms with van der Waals surface area (Å²) < 4.78 is 25.2. The maximum atomic E-state index is 12.9. The van der Waals surface area contributed by atoms with Crippen LogP contribution in [0.1, 0.15) is 0 Å². The molecule has 12 heavy (non-hydrogen) atoms. The third-order valence-electron chi connectivity index (χ3n) is 1.42. The average molecular weight is 168 g/mol. The normalized spacial score (nSPS) is 9.17. The fourth-order valence-electron chi connectivity index (χ4n) is 0.807. The molecule has 0 fully saturated rings. The Morgan fingerprint density at radius 3 is 2.58 bits per heavy atom. The molecule has 0 aliphatic carbocycles. The first kappa shape index (κ1) is 8.47. The van der Waals surface area contributed by atoms with Gasteiger partial charge in [-0.25, -0.2) is 8.78 Å². The predicted molar refractivity (Wildman–Crippen MR) is 40.4 cm³/mol. The van der Waals surface area contributed by atoms with Crippen molar-refractivity contribution >= 4 is 5.69 Å². The Labute approximate surface area is 68.6 Å². The number of halogens is 2. The van der Waals surface area contributed by atoms with Crippen molar-refractivity contribution in [2.45, 2.75) is 0 Å². The molecular formula is C8H6F2N2. The number of anilines is 1. The number of rotatable bonds is 1. The highest BCUT2D eigenvalue weighted by molar-refractivity contribution is 5.50. The minimum absolute atomic E-state index is 0.0684. The molecule has 0 heterocycles. The van der Waals surface area contributed by atoms with Crippen LogP contribution in [0.4, 0.5) is 14.5 Å². The number of hydrogen-bond donors (Lipinski definition) is 0. The molecule has 0 saturated carbocycles. The zero-order chi connectivity index (χ0) is 9.14. The third kappa shape index (κ3) is 1.51. The van der Waals surface area contributed by atoms with Gasteiger partial charge in [0.25, 0.3) is 0 Å². The van der Waals surface area contributed by atoms with E-state index in [2.05, 4.69) is 0 Å². The predicted octanol–water partition coefficient (Wildman–Crippen LogP) is 1.88. The van der Waals surface area contributed by atoms with Crippen molar-refractivity contribution < 1.29 is 8.78 Å². The van der Waals surface area contributed by atoms with Gasteiger partial charge in [0.05, 0.1) is 5.69 Å². The summed E-state index contributed by atoms with van der Waals surface area (Å²) in [7, 11) is 1.40. The van der Waals surface area contributed by atoms with Crippen LogP contribution in [0.2, 0.25) is 0 Å². The molecular weight excluding hydrogens is 162 g/mol. The molecule has 1 aromatic rings. The van der Waals surface area contributed by atoms with Crippen LogP contribution in [0.15, 0.2) is 18.2 Å². The molecule has 4 heteroatoms. The van der Waals surface area contributed by atoms with Crippen molar-refractivity contribution in [1.82, 2.24) is 0 Å². The standard InChI is InChI=1S/C8H6F2N2/c1-12(5-11)8-3-2-6(9)4-7(8)10/h2-4H,1H3. The molecule has 0 amide bonds. The second-order valence-corrected chi connectivity index (χ2v) is 2.25. The van der Waals surface area contributed by atoms with Gasteiger partial charge in [0.1, 0.15) is 11.6 Å². The summed E-state index contributed by atoms with van der Waals surface area (Å²) in [5.41, 5.74) is 0.0684. The molecule has 0 saturated heterocycles. The molecule has 1 rings (SSSR count). The molecule has 2 nitrogen and oxygen atoms in total. The summed E-state index contributed by atoms with van der Waals surface area (Å²) in [6.07, 6.45) is 1.71. The van der Waals surface area contributed by atoms with Crippen LogP contribution in [-0.2, 0) is 0 Å². The van der Waals surface area contributed by atoms with Crippen molar-refractivity contribution in [1.29, 1.82) is 5.26 Å². The van der Waals surface area contributed by atoms with Gasteiger partial charge in [0, 0.05) is 13.1 Å². The zero-order valence-corrected chi connectivity index (χ0v) is 6.38. The lowest BCUT2D eigenvalue weighted by Crippen LogP contribution is -2.09. The van der Waals surface area contributed by atoms with E-state index in [1.165, 1.54) is 13.1 Å². The van der Waals surface area contributed by atoms with Gasteiger partial charge in [0.15, 0.2) is 6.19 Å². The van der Waals surface area contributed by atoms with Crippen LogP contribution in [0.3, 0.4) is 0 Å². The van der Waals surface area contributed by atoms with Crippen molar-refractivity contribution in [3.05, 3.63) is 29.8 Å². The Morgan fingerprint density at radius 1 is 1.42 bits per heavy atom. The lowest BCUT2D eigenvalue weighted by molar-refractivity contribution is 0.583. The van der Waals surface area contributed by atoms with Gasteiger partial charge < -0.3 is 0 Å². The fraction of sp³-hybridized carbons (Fsp3) is 0.125. The number of benzene rings is 1. The van der Waals surface area contributed by atoms with Gasteiger partial charge in [-0.3, -0.25) is 4.90 Å². The molecule has 0 N–H and O–H groups in total. The number of hydrogen-bond acceptors (Lipinski definition) is 2. The fourth-order valence-corrected chi connectivity index (χ4v) is 0.807. The van der Waals surface area contributed by atoms with Gasteiger partial charge in [0.2, 0.25) is 0 Å². The van der Waals surface area contributed by atoms with E-state index in [4.69, 9.17) is 5.26 Å². The Kier molecular flexibility index (Phi) is 2.24. The van der Waals surface area contributed by atoms with E-state index < -0.39 is 11.6 Å². The first-order valence-electron chi connectivity index (χ1n) is 3.23. The van der Waals surface area contributed by atoms with Gasteiger partial charge in [-0.05, 0) is 12.1 Å². The Hall–Kier alpha value is -1.63. The second kappa shape index (κ2) is 3.18. The van der Waals surface area contributed by atoms with Crippen LogP contribution in [0.25, 0.3) is 0 Å². The van der Waals surface area contributed by atoms with Crippen LogP contribution in [0.5, 0.6) is 0 Å². The summed E-state index contributed by atoms with van der Waals surface area (Å²) in [5, 5.41) is 8.40. The first-order valence-corrected chi connectivity index (χ1v) is 3.23. The van der Waals surface area contributed by atoms with Gasteiger partial charge in [-0.15, -0.1) is 0 Å². The van der Waals surface area contributed by atoms with Gasteiger partial charge in [-0.2, -0.15) is 5.26 Å². The molecule has 0 radical (unpaired) electrons. The monoisotopic (exact) mass is 168 g/mol. The van der Waals surface area contributed by atoms with Crippen molar-refractivity contribution in [2.75, 3.05) is 11.9 Å². The van der Waals surface area contributed by atoms with Crippen molar-refractivity contribution in [2.24, 2.45) is 0 Å². The molecule has 0 bridgehead atoms. The van der Waals surface area contributed by atoms with Crippen LogP contribution >= 0.6 is 0 Å². The highest BCUT2D eigenvalue weighted by atomic mass is 19.1. The van der Waals surface area contributed by atoms with Gasteiger partial charge in [-0.1, -0.05) is 0 Å². The largest absolute Gasteiger partial charge is 0.280 e. The summed E-state index contributed by atoms with van der Waals surface area (Å²) in [5.74, 6) is -1.39. The lowest BCUT2D eigenvalue weighted by Gasteiger charge is -2.08. The van der Waals surface area contributed by atoms with E-state index in [-0.39, 0.29) is 5.69 Å². The molecule has 0 aromatic heterocycles. The van der Waals surface area contributed by atoms with E-state index in [0.717, 1.165) is 17.0 Å². The highest BCUT2D eigenvalue weighted by Crippen LogP contribution is 2.17. The Morgan fingerprint density at radius 2 is 2.08 bits per heavy atom. The Balaban J connectivity index is 3.11. The highest BCUT2D eigenvalue weighted by Gasteiger charge is 2.06. The van der Waals surface area contributed by atoms with E-state index >= 15 is 0 Å². The summed E-state index contributed by atoms with van der Waals surface area (Å²) in [4.78, 5) is 1.02. The van der Waals surface area contributed by atoms with E-state index in [1.54, 1.807) is 6.19 Å². The maximum absolute atomic E-state index is 12.9. The van der Waals surface area contributed by atoms with Crippen molar-refractivity contribution in [3.63, 3.8) is 0 Å². The van der Waals surface area contributed by atoms with Crippen LogP contribution in [0, 0.1) is 23.1 Å². The molecule has 1 aromatic carbocycles.